The Hall–Kier alpha value is -3.17. The summed E-state index contributed by atoms with van der Waals surface area (Å²) in [7, 11) is -4.09. The van der Waals surface area contributed by atoms with Crippen molar-refractivity contribution in [2.45, 2.75) is 30.8 Å². The van der Waals surface area contributed by atoms with Gasteiger partial charge in [-0.25, -0.2) is 0 Å². The van der Waals surface area contributed by atoms with E-state index in [0.29, 0.717) is 28.9 Å². The number of aromatic nitrogens is 2. The first-order chi connectivity index (χ1) is 17.9. The summed E-state index contributed by atoms with van der Waals surface area (Å²) in [4.78, 5) is -0.00509. The van der Waals surface area contributed by atoms with E-state index in [4.69, 9.17) is 20.9 Å². The third-order valence-corrected chi connectivity index (χ3v) is 7.83. The minimum atomic E-state index is -4.09. The molecule has 9 heteroatoms. The van der Waals surface area contributed by atoms with Crippen molar-refractivity contribution in [3.63, 3.8) is 0 Å². The van der Waals surface area contributed by atoms with Crippen LogP contribution < -0.4 is 14.8 Å². The van der Waals surface area contributed by atoms with Crippen molar-refractivity contribution in [3.05, 3.63) is 89.4 Å². The number of hydrogen-bond acceptors (Lipinski definition) is 6. The highest BCUT2D eigenvalue weighted by atomic mass is 35.5. The molecule has 5 rings (SSSR count). The van der Waals surface area contributed by atoms with Crippen molar-refractivity contribution in [3.8, 4) is 28.3 Å². The van der Waals surface area contributed by atoms with Crippen LogP contribution in [0.5, 0.6) is 5.75 Å². The summed E-state index contributed by atoms with van der Waals surface area (Å²) in [6.45, 7) is 5.40. The Morgan fingerprint density at radius 3 is 2.68 bits per heavy atom. The molecule has 37 heavy (non-hydrogen) atoms. The third-order valence-electron chi connectivity index (χ3n) is 6.36. The van der Waals surface area contributed by atoms with Crippen LogP contribution in [0, 0.1) is 6.92 Å². The van der Waals surface area contributed by atoms with Gasteiger partial charge in [-0.3, -0.25) is 4.68 Å². The van der Waals surface area contributed by atoms with Crippen LogP contribution >= 0.6 is 11.6 Å². The van der Waals surface area contributed by atoms with Gasteiger partial charge in [0.25, 0.3) is 0 Å². The number of halogens is 1. The second kappa shape index (κ2) is 11.1. The standard InChI is InChI=1S/C28H29ClN4O3S/c1-20-10-11-28(36-37(34,35)24-9-5-8-22(29)17-24)25(16-20)26-18-27(21-6-3-2-4-7-21)33(32-26)15-14-31-23-12-13-30-19-23/h2-11,16-18,23,30-31H,12-15,19H2,1H3/t23-/m1/s1. The summed E-state index contributed by atoms with van der Waals surface area (Å²) < 4.78 is 33.7. The van der Waals surface area contributed by atoms with E-state index in [9.17, 15) is 8.42 Å². The summed E-state index contributed by atoms with van der Waals surface area (Å²) in [6.07, 6.45) is 1.11. The van der Waals surface area contributed by atoms with Crippen LogP contribution in [0.25, 0.3) is 22.5 Å². The largest absolute Gasteiger partial charge is 0.378 e. The molecular weight excluding hydrogens is 508 g/mol. The Morgan fingerprint density at radius 2 is 1.92 bits per heavy atom. The van der Waals surface area contributed by atoms with Gasteiger partial charge in [-0.05, 0) is 61.9 Å². The average Bonchev–Trinajstić information content (AvgIpc) is 3.56. The molecule has 0 radical (unpaired) electrons. The predicted molar refractivity (Wildman–Crippen MR) is 146 cm³/mol. The molecule has 192 valence electrons. The van der Waals surface area contributed by atoms with Crippen molar-refractivity contribution in [1.29, 1.82) is 0 Å². The Kier molecular flexibility index (Phi) is 7.62. The normalized spacial score (nSPS) is 15.7. The highest BCUT2D eigenvalue weighted by Crippen LogP contribution is 2.35. The van der Waals surface area contributed by atoms with E-state index in [1.54, 1.807) is 18.2 Å². The van der Waals surface area contributed by atoms with Crippen LogP contribution in [-0.2, 0) is 16.7 Å². The molecule has 1 saturated heterocycles. The Labute approximate surface area is 222 Å². The summed E-state index contributed by atoms with van der Waals surface area (Å²) in [5, 5.41) is 12.2. The lowest BCUT2D eigenvalue weighted by molar-refractivity contribution is 0.486. The number of nitrogens with one attached hydrogen (secondary N) is 2. The fraction of sp³-hybridized carbons (Fsp3) is 0.250. The maximum Gasteiger partial charge on any atom is 0.339 e. The zero-order valence-electron chi connectivity index (χ0n) is 20.5. The van der Waals surface area contributed by atoms with Crippen molar-refractivity contribution in [2.75, 3.05) is 19.6 Å². The van der Waals surface area contributed by atoms with E-state index in [0.717, 1.165) is 42.9 Å². The lowest BCUT2D eigenvalue weighted by Crippen LogP contribution is -2.33. The fourth-order valence-corrected chi connectivity index (χ4v) is 5.72. The molecule has 7 nitrogen and oxygen atoms in total. The summed E-state index contributed by atoms with van der Waals surface area (Å²) >= 11 is 6.02. The highest BCUT2D eigenvalue weighted by molar-refractivity contribution is 7.87. The molecule has 2 N–H and O–H groups in total. The zero-order valence-corrected chi connectivity index (χ0v) is 22.1. The van der Waals surface area contributed by atoms with Gasteiger partial charge in [0.1, 0.15) is 4.90 Å². The van der Waals surface area contributed by atoms with Gasteiger partial charge in [0, 0.05) is 29.7 Å². The molecule has 3 aromatic carbocycles. The number of nitrogens with zero attached hydrogens (tertiary/aromatic N) is 2. The zero-order chi connectivity index (χ0) is 25.8. The van der Waals surface area contributed by atoms with E-state index < -0.39 is 10.1 Å². The fourth-order valence-electron chi connectivity index (χ4n) is 4.47. The van der Waals surface area contributed by atoms with Crippen molar-refractivity contribution < 1.29 is 12.6 Å². The topological polar surface area (TPSA) is 85.2 Å². The van der Waals surface area contributed by atoms with Crippen LogP contribution in [0.15, 0.2) is 83.8 Å². The van der Waals surface area contributed by atoms with Gasteiger partial charge in [0.2, 0.25) is 0 Å². The lowest BCUT2D eigenvalue weighted by atomic mass is 10.1. The van der Waals surface area contributed by atoms with Crippen LogP contribution in [0.2, 0.25) is 5.02 Å². The quantitative estimate of drug-likeness (QED) is 0.296. The lowest BCUT2D eigenvalue weighted by Gasteiger charge is -2.13. The van der Waals surface area contributed by atoms with E-state index >= 15 is 0 Å². The van der Waals surface area contributed by atoms with Crippen molar-refractivity contribution >= 4 is 21.7 Å². The first-order valence-electron chi connectivity index (χ1n) is 12.3. The van der Waals surface area contributed by atoms with Crippen LogP contribution in [-0.4, -0.2) is 43.9 Å². The molecule has 0 spiro atoms. The monoisotopic (exact) mass is 536 g/mol. The Morgan fingerprint density at radius 1 is 1.08 bits per heavy atom. The van der Waals surface area contributed by atoms with Crippen LogP contribution in [0.4, 0.5) is 0 Å². The third kappa shape index (κ3) is 6.05. The van der Waals surface area contributed by atoms with Gasteiger partial charge in [-0.2, -0.15) is 13.5 Å². The molecule has 2 heterocycles. The summed E-state index contributed by atoms with van der Waals surface area (Å²) in [6, 6.07) is 23.9. The number of rotatable bonds is 9. The number of hydrogen-bond donors (Lipinski definition) is 2. The smallest absolute Gasteiger partial charge is 0.339 e. The molecule has 0 aliphatic carbocycles. The minimum absolute atomic E-state index is 0.00509. The summed E-state index contributed by atoms with van der Waals surface area (Å²) in [5.41, 5.74) is 4.20. The predicted octanol–water partition coefficient (Wildman–Crippen LogP) is 4.90. The SMILES string of the molecule is Cc1ccc(OS(=O)(=O)c2cccc(Cl)c2)c(-c2cc(-c3ccccc3)n(CCN[C@@H]3CCNC3)n2)c1. The van der Waals surface area contributed by atoms with E-state index in [2.05, 4.69) is 10.6 Å². The molecule has 1 fully saturated rings. The molecule has 0 bridgehead atoms. The second-order valence-corrected chi connectivity index (χ2v) is 11.1. The summed E-state index contributed by atoms with van der Waals surface area (Å²) in [5.74, 6) is 0.213. The molecule has 1 atom stereocenters. The average molecular weight is 537 g/mol. The molecule has 0 saturated carbocycles. The molecule has 4 aromatic rings. The Bertz CT molecular complexity index is 1480. The molecular formula is C28H29ClN4O3S. The van der Waals surface area contributed by atoms with Crippen LogP contribution in [0.3, 0.4) is 0 Å². The van der Waals surface area contributed by atoms with Gasteiger partial charge in [-0.15, -0.1) is 0 Å². The van der Waals surface area contributed by atoms with E-state index in [-0.39, 0.29) is 10.6 Å². The maximum absolute atomic E-state index is 13.1. The van der Waals surface area contributed by atoms with Gasteiger partial charge in [0.05, 0.1) is 17.9 Å². The molecule has 0 amide bonds. The number of benzene rings is 3. The van der Waals surface area contributed by atoms with Gasteiger partial charge < -0.3 is 14.8 Å². The minimum Gasteiger partial charge on any atom is -0.378 e. The first-order valence-corrected chi connectivity index (χ1v) is 14.1. The van der Waals surface area contributed by atoms with E-state index in [1.165, 1.54) is 12.1 Å². The van der Waals surface area contributed by atoms with Gasteiger partial charge in [-0.1, -0.05) is 59.6 Å². The Balaban J connectivity index is 1.49. The van der Waals surface area contributed by atoms with Crippen molar-refractivity contribution in [2.24, 2.45) is 0 Å². The maximum atomic E-state index is 13.1. The van der Waals surface area contributed by atoms with Gasteiger partial charge >= 0.3 is 10.1 Å². The van der Waals surface area contributed by atoms with Crippen molar-refractivity contribution in [1.82, 2.24) is 20.4 Å². The number of aryl methyl sites for hydroxylation is 1. The van der Waals surface area contributed by atoms with E-state index in [1.807, 2.05) is 60.1 Å². The second-order valence-electron chi connectivity index (χ2n) is 9.14. The first kappa shape index (κ1) is 25.5. The molecule has 1 aliphatic heterocycles. The molecule has 1 aromatic heterocycles. The highest BCUT2D eigenvalue weighted by Gasteiger charge is 2.22. The van der Waals surface area contributed by atoms with Crippen LogP contribution in [0.1, 0.15) is 12.0 Å². The molecule has 1 aliphatic rings. The van der Waals surface area contributed by atoms with Gasteiger partial charge in [0.15, 0.2) is 5.75 Å². The molecule has 0 unspecified atom stereocenters.